The van der Waals surface area contributed by atoms with Gasteiger partial charge in [-0.3, -0.25) is 0 Å². The molecule has 0 aliphatic heterocycles. The molecule has 0 aliphatic rings. The van der Waals surface area contributed by atoms with Crippen LogP contribution in [0.1, 0.15) is 10.8 Å². The van der Waals surface area contributed by atoms with Crippen molar-refractivity contribution in [2.24, 2.45) is 0 Å². The maximum absolute atomic E-state index is 5.29. The fourth-order valence-corrected chi connectivity index (χ4v) is 3.07. The zero-order valence-corrected chi connectivity index (χ0v) is 14.1. The minimum atomic E-state index is 0.740. The Hall–Kier alpha value is -2.93. The van der Waals surface area contributed by atoms with Gasteiger partial charge in [-0.15, -0.1) is 10.2 Å². The number of benzene rings is 1. The van der Waals surface area contributed by atoms with E-state index in [2.05, 4.69) is 32.3 Å². The van der Waals surface area contributed by atoms with E-state index >= 15 is 0 Å². The van der Waals surface area contributed by atoms with Crippen LogP contribution in [0.3, 0.4) is 0 Å². The van der Waals surface area contributed by atoms with Crippen LogP contribution in [0.2, 0.25) is 0 Å². The van der Waals surface area contributed by atoms with Crippen LogP contribution in [0.4, 0.5) is 5.69 Å². The van der Waals surface area contributed by atoms with Gasteiger partial charge in [0.05, 0.1) is 6.26 Å². The summed E-state index contributed by atoms with van der Waals surface area (Å²) in [5, 5.41) is 13.9. The number of aromatic nitrogens is 4. The molecule has 24 heavy (non-hydrogen) atoms. The number of rotatable bonds is 4. The van der Waals surface area contributed by atoms with Gasteiger partial charge >= 0.3 is 0 Å². The fraction of sp³-hybridized carbons (Fsp3) is 0.118. The molecule has 3 heterocycles. The summed E-state index contributed by atoms with van der Waals surface area (Å²) in [7, 11) is 4.03. The highest BCUT2D eigenvalue weighted by atomic mass is 32.1. The second-order valence-electron chi connectivity index (χ2n) is 5.45. The fourth-order valence-electron chi connectivity index (χ4n) is 2.33. The van der Waals surface area contributed by atoms with Crippen molar-refractivity contribution in [3.63, 3.8) is 0 Å². The van der Waals surface area contributed by atoms with Crippen molar-refractivity contribution < 1.29 is 4.42 Å². The molecule has 0 unspecified atom stereocenters. The van der Waals surface area contributed by atoms with Crippen molar-refractivity contribution in [1.29, 1.82) is 0 Å². The van der Waals surface area contributed by atoms with Gasteiger partial charge in [-0.2, -0.15) is 9.61 Å². The van der Waals surface area contributed by atoms with E-state index < -0.39 is 0 Å². The number of anilines is 1. The molecule has 0 bridgehead atoms. The first kappa shape index (κ1) is 14.6. The molecule has 4 rings (SSSR count). The van der Waals surface area contributed by atoms with Crippen molar-refractivity contribution in [2.45, 2.75) is 0 Å². The predicted octanol–water partition coefficient (Wildman–Crippen LogP) is 3.68. The van der Waals surface area contributed by atoms with Gasteiger partial charge in [-0.1, -0.05) is 11.3 Å². The monoisotopic (exact) mass is 337 g/mol. The van der Waals surface area contributed by atoms with E-state index in [0.29, 0.717) is 0 Å². The second-order valence-corrected chi connectivity index (χ2v) is 6.44. The first-order chi connectivity index (χ1) is 11.7. The molecule has 0 atom stereocenters. The summed E-state index contributed by atoms with van der Waals surface area (Å²) in [5.74, 6) is 1.53. The summed E-state index contributed by atoms with van der Waals surface area (Å²) < 4.78 is 7.06. The lowest BCUT2D eigenvalue weighted by atomic mass is 10.2. The van der Waals surface area contributed by atoms with E-state index in [1.54, 1.807) is 10.8 Å². The Kier molecular flexibility index (Phi) is 3.62. The number of furan rings is 1. The van der Waals surface area contributed by atoms with Gasteiger partial charge in [0.2, 0.25) is 4.96 Å². The summed E-state index contributed by atoms with van der Waals surface area (Å²) in [4.78, 5) is 2.82. The van der Waals surface area contributed by atoms with Gasteiger partial charge in [0.15, 0.2) is 5.82 Å². The standard InChI is InChI=1S/C17H15N5OS/c1-21(2)13-7-5-12(6-8-13)16-18-19-17-22(16)20-15(24-17)10-9-14-4-3-11-23-14/h3-11H,1-2H3. The molecule has 7 heteroatoms. The molecular weight excluding hydrogens is 322 g/mol. The number of fused-ring (bicyclic) bond motifs is 1. The maximum atomic E-state index is 5.29. The predicted molar refractivity (Wildman–Crippen MR) is 96.1 cm³/mol. The highest BCUT2D eigenvalue weighted by Crippen LogP contribution is 2.24. The smallest absolute Gasteiger partial charge is 0.235 e. The van der Waals surface area contributed by atoms with Crippen LogP contribution < -0.4 is 4.90 Å². The zero-order chi connectivity index (χ0) is 16.5. The summed E-state index contributed by atoms with van der Waals surface area (Å²) in [6.45, 7) is 0. The lowest BCUT2D eigenvalue weighted by molar-refractivity contribution is 0.557. The van der Waals surface area contributed by atoms with E-state index in [-0.39, 0.29) is 0 Å². The van der Waals surface area contributed by atoms with Crippen LogP contribution in [-0.4, -0.2) is 33.9 Å². The minimum absolute atomic E-state index is 0.740. The van der Waals surface area contributed by atoms with E-state index in [0.717, 1.165) is 32.8 Å². The van der Waals surface area contributed by atoms with Gasteiger partial charge in [0.1, 0.15) is 10.8 Å². The lowest BCUT2D eigenvalue weighted by Crippen LogP contribution is -2.08. The topological polar surface area (TPSA) is 59.5 Å². The average Bonchev–Trinajstić information content (AvgIpc) is 3.30. The van der Waals surface area contributed by atoms with Crippen molar-refractivity contribution in [2.75, 3.05) is 19.0 Å². The van der Waals surface area contributed by atoms with E-state index in [4.69, 9.17) is 4.42 Å². The largest absolute Gasteiger partial charge is 0.465 e. The molecule has 0 radical (unpaired) electrons. The van der Waals surface area contributed by atoms with E-state index in [1.807, 2.05) is 50.5 Å². The molecule has 0 N–H and O–H groups in total. The number of hydrogen-bond donors (Lipinski definition) is 0. The third-order valence-corrected chi connectivity index (χ3v) is 4.45. The Bertz CT molecular complexity index is 980. The first-order valence-electron chi connectivity index (χ1n) is 7.42. The van der Waals surface area contributed by atoms with Gasteiger partial charge in [0.25, 0.3) is 0 Å². The highest BCUT2D eigenvalue weighted by Gasteiger charge is 2.12. The summed E-state index contributed by atoms with van der Waals surface area (Å²) >= 11 is 1.48. The van der Waals surface area contributed by atoms with Crippen molar-refractivity contribution in [3.05, 3.63) is 53.4 Å². The number of nitrogens with zero attached hydrogens (tertiary/aromatic N) is 5. The normalized spacial score (nSPS) is 11.6. The number of hydrogen-bond acceptors (Lipinski definition) is 6. The van der Waals surface area contributed by atoms with Gasteiger partial charge in [-0.05, 0) is 48.6 Å². The second kappa shape index (κ2) is 5.93. The summed E-state index contributed by atoms with van der Waals surface area (Å²) in [6.07, 6.45) is 5.45. The van der Waals surface area contributed by atoms with Crippen LogP contribution in [0.25, 0.3) is 28.5 Å². The first-order valence-corrected chi connectivity index (χ1v) is 8.24. The molecule has 0 saturated carbocycles. The van der Waals surface area contributed by atoms with Crippen LogP contribution in [-0.2, 0) is 0 Å². The van der Waals surface area contributed by atoms with Gasteiger partial charge in [-0.25, -0.2) is 0 Å². The third-order valence-electron chi connectivity index (χ3n) is 3.58. The SMILES string of the molecule is CN(C)c1ccc(-c2nnc3sc(C=Cc4ccco4)nn23)cc1. The zero-order valence-electron chi connectivity index (χ0n) is 13.2. The van der Waals surface area contributed by atoms with Crippen molar-refractivity contribution >= 4 is 34.1 Å². The molecule has 0 fully saturated rings. The summed E-state index contributed by atoms with van der Waals surface area (Å²) in [6, 6.07) is 11.9. The Balaban J connectivity index is 1.67. The molecule has 3 aromatic heterocycles. The van der Waals surface area contributed by atoms with Crippen LogP contribution in [0, 0.1) is 0 Å². The molecule has 120 valence electrons. The van der Waals surface area contributed by atoms with E-state index in [9.17, 15) is 0 Å². The van der Waals surface area contributed by atoms with Gasteiger partial charge in [0, 0.05) is 25.3 Å². The van der Waals surface area contributed by atoms with Crippen LogP contribution >= 0.6 is 11.3 Å². The maximum Gasteiger partial charge on any atom is 0.235 e. The molecule has 0 saturated heterocycles. The van der Waals surface area contributed by atoms with Gasteiger partial charge < -0.3 is 9.32 Å². The average molecular weight is 337 g/mol. The third kappa shape index (κ3) is 2.69. The molecule has 0 aliphatic carbocycles. The quantitative estimate of drug-likeness (QED) is 0.568. The van der Waals surface area contributed by atoms with Crippen molar-refractivity contribution in [3.8, 4) is 11.4 Å². The molecule has 1 aromatic carbocycles. The molecule has 6 nitrogen and oxygen atoms in total. The lowest BCUT2D eigenvalue weighted by Gasteiger charge is -2.11. The summed E-state index contributed by atoms with van der Waals surface area (Å²) in [5.41, 5.74) is 2.12. The molecule has 4 aromatic rings. The molecular formula is C17H15N5OS. The Morgan fingerprint density at radius 2 is 1.92 bits per heavy atom. The Morgan fingerprint density at radius 3 is 2.62 bits per heavy atom. The van der Waals surface area contributed by atoms with E-state index in [1.165, 1.54) is 11.3 Å². The molecule has 0 amide bonds. The van der Waals surface area contributed by atoms with Crippen LogP contribution in [0.5, 0.6) is 0 Å². The Morgan fingerprint density at radius 1 is 1.08 bits per heavy atom. The Labute approximate surface area is 142 Å². The van der Waals surface area contributed by atoms with Crippen molar-refractivity contribution in [1.82, 2.24) is 19.8 Å². The molecule has 0 spiro atoms. The highest BCUT2D eigenvalue weighted by molar-refractivity contribution is 7.17. The minimum Gasteiger partial charge on any atom is -0.465 e. The van der Waals surface area contributed by atoms with Crippen LogP contribution in [0.15, 0.2) is 47.1 Å².